The Morgan fingerprint density at radius 2 is 1.96 bits per heavy atom. The number of hydrogen-bond acceptors (Lipinski definition) is 2. The molecule has 0 spiro atoms. The fourth-order valence-corrected chi connectivity index (χ4v) is 3.21. The molecule has 0 N–H and O–H groups in total. The van der Waals surface area contributed by atoms with Crippen molar-refractivity contribution in [1.82, 2.24) is 9.55 Å². The van der Waals surface area contributed by atoms with Crippen molar-refractivity contribution in [3.05, 3.63) is 53.1 Å². The molecule has 1 atom stereocenters. The maximum atomic E-state index is 12.4. The van der Waals surface area contributed by atoms with Crippen LogP contribution in [0.4, 0.5) is 0 Å². The molecule has 2 heterocycles. The smallest absolute Gasteiger partial charge is 0.162 e. The van der Waals surface area contributed by atoms with Gasteiger partial charge in [-0.3, -0.25) is 4.79 Å². The predicted molar refractivity (Wildman–Crippen MR) is 93.1 cm³/mol. The number of hydrogen-bond donors (Lipinski definition) is 0. The number of rotatable bonds is 6. The van der Waals surface area contributed by atoms with Gasteiger partial charge in [0.1, 0.15) is 5.82 Å². The quantitative estimate of drug-likeness (QED) is 0.724. The molecule has 2 aromatic rings. The topological polar surface area (TPSA) is 34.9 Å². The van der Waals surface area contributed by atoms with Crippen LogP contribution >= 0.6 is 0 Å². The fraction of sp³-hybridized carbons (Fsp3) is 0.500. The average molecular weight is 310 g/mol. The van der Waals surface area contributed by atoms with Gasteiger partial charge in [0.05, 0.1) is 5.69 Å². The summed E-state index contributed by atoms with van der Waals surface area (Å²) in [5.74, 6) is 2.29. The lowest BCUT2D eigenvalue weighted by atomic mass is 9.96. The van der Waals surface area contributed by atoms with Crippen molar-refractivity contribution in [3.63, 3.8) is 0 Å². The van der Waals surface area contributed by atoms with E-state index in [0.29, 0.717) is 18.3 Å². The molecule has 0 saturated heterocycles. The number of carbonyl (C=O) groups excluding carboxylic acids is 1. The van der Waals surface area contributed by atoms with Crippen molar-refractivity contribution in [1.29, 1.82) is 0 Å². The summed E-state index contributed by atoms with van der Waals surface area (Å²) in [6.45, 7) is 7.60. The van der Waals surface area contributed by atoms with Gasteiger partial charge in [-0.2, -0.15) is 0 Å². The summed E-state index contributed by atoms with van der Waals surface area (Å²) in [7, 11) is 0. The van der Waals surface area contributed by atoms with E-state index in [1.54, 1.807) is 0 Å². The molecule has 1 unspecified atom stereocenters. The Morgan fingerprint density at radius 1 is 1.22 bits per heavy atom. The summed E-state index contributed by atoms with van der Waals surface area (Å²) < 4.78 is 2.26. The van der Waals surface area contributed by atoms with Gasteiger partial charge >= 0.3 is 0 Å². The van der Waals surface area contributed by atoms with Crippen molar-refractivity contribution in [2.24, 2.45) is 0 Å². The molecule has 0 bridgehead atoms. The number of ketones is 1. The molecular formula is C20H26N2O. The summed E-state index contributed by atoms with van der Waals surface area (Å²) in [5, 5.41) is 0. The van der Waals surface area contributed by atoms with Crippen LogP contribution in [0.15, 0.2) is 30.5 Å². The lowest BCUT2D eigenvalue weighted by molar-refractivity contribution is 0.0978. The molecule has 0 fully saturated rings. The van der Waals surface area contributed by atoms with E-state index in [0.717, 1.165) is 30.6 Å². The third kappa shape index (κ3) is 3.54. The highest BCUT2D eigenvalue weighted by atomic mass is 16.1. The SMILES string of the molecule is CC(C)c1ccc(C(=O)CCC(C)c2cn3c(n2)CCC3)cc1. The zero-order valence-electron chi connectivity index (χ0n) is 14.4. The standard InChI is InChI=1S/C20H26N2O/c1-14(2)16-7-9-17(10-8-16)19(23)11-6-15(3)18-13-22-12-4-5-20(22)21-18/h7-10,13-15H,4-6,11-12H2,1-3H3. The van der Waals surface area contributed by atoms with Crippen LogP contribution in [-0.4, -0.2) is 15.3 Å². The monoisotopic (exact) mass is 310 g/mol. The highest BCUT2D eigenvalue weighted by molar-refractivity contribution is 5.96. The van der Waals surface area contributed by atoms with E-state index in [1.807, 2.05) is 12.1 Å². The molecule has 3 nitrogen and oxygen atoms in total. The Bertz CT molecular complexity index is 661. The summed E-state index contributed by atoms with van der Waals surface area (Å²) in [6.07, 6.45) is 5.93. The first-order chi connectivity index (χ1) is 11.0. The molecule has 0 aliphatic carbocycles. The summed E-state index contributed by atoms with van der Waals surface area (Å²) >= 11 is 0. The maximum Gasteiger partial charge on any atom is 0.162 e. The highest BCUT2D eigenvalue weighted by Gasteiger charge is 2.18. The van der Waals surface area contributed by atoms with Gasteiger partial charge in [-0.15, -0.1) is 0 Å². The zero-order chi connectivity index (χ0) is 16.4. The number of nitrogens with zero attached hydrogens (tertiary/aromatic N) is 2. The predicted octanol–water partition coefficient (Wildman–Crippen LogP) is 4.72. The molecule has 122 valence electrons. The number of aromatic nitrogens is 2. The Balaban J connectivity index is 1.57. The second kappa shape index (κ2) is 6.69. The van der Waals surface area contributed by atoms with Gasteiger partial charge in [0.2, 0.25) is 0 Å². The van der Waals surface area contributed by atoms with Gasteiger partial charge in [-0.05, 0) is 24.3 Å². The zero-order valence-corrected chi connectivity index (χ0v) is 14.4. The number of fused-ring (bicyclic) bond motifs is 1. The van der Waals surface area contributed by atoms with Gasteiger partial charge in [0.25, 0.3) is 0 Å². The lowest BCUT2D eigenvalue weighted by Gasteiger charge is -2.09. The van der Waals surface area contributed by atoms with E-state index in [9.17, 15) is 4.79 Å². The van der Waals surface area contributed by atoms with Crippen molar-refractivity contribution >= 4 is 5.78 Å². The number of imidazole rings is 1. The van der Waals surface area contributed by atoms with Gasteiger partial charge in [0, 0.05) is 37.1 Å². The van der Waals surface area contributed by atoms with Crippen LogP contribution in [0.2, 0.25) is 0 Å². The maximum absolute atomic E-state index is 12.4. The summed E-state index contributed by atoms with van der Waals surface area (Å²) in [4.78, 5) is 17.1. The molecule has 0 radical (unpaired) electrons. The highest BCUT2D eigenvalue weighted by Crippen LogP contribution is 2.24. The van der Waals surface area contributed by atoms with E-state index < -0.39 is 0 Å². The van der Waals surface area contributed by atoms with Crippen molar-refractivity contribution in [2.45, 2.75) is 64.8 Å². The van der Waals surface area contributed by atoms with E-state index in [1.165, 1.54) is 17.8 Å². The summed E-state index contributed by atoms with van der Waals surface area (Å²) in [6, 6.07) is 8.07. The van der Waals surface area contributed by atoms with Crippen molar-refractivity contribution in [3.8, 4) is 0 Å². The van der Waals surface area contributed by atoms with E-state index in [4.69, 9.17) is 4.98 Å². The number of benzene rings is 1. The van der Waals surface area contributed by atoms with E-state index in [-0.39, 0.29) is 5.78 Å². The number of carbonyl (C=O) groups is 1. The average Bonchev–Trinajstić information content (AvgIpc) is 3.14. The van der Waals surface area contributed by atoms with E-state index >= 15 is 0 Å². The second-order valence-electron chi connectivity index (χ2n) is 7.02. The molecule has 1 aliphatic heterocycles. The first kappa shape index (κ1) is 16.0. The van der Waals surface area contributed by atoms with Crippen LogP contribution in [-0.2, 0) is 13.0 Å². The Morgan fingerprint density at radius 3 is 2.61 bits per heavy atom. The lowest BCUT2D eigenvalue weighted by Crippen LogP contribution is -2.03. The molecule has 1 aromatic heterocycles. The first-order valence-corrected chi connectivity index (χ1v) is 8.73. The van der Waals surface area contributed by atoms with Crippen LogP contribution in [0.5, 0.6) is 0 Å². The van der Waals surface area contributed by atoms with Gasteiger partial charge in [-0.1, -0.05) is 45.0 Å². The van der Waals surface area contributed by atoms with Crippen LogP contribution in [0.3, 0.4) is 0 Å². The third-order valence-corrected chi connectivity index (χ3v) is 4.89. The third-order valence-electron chi connectivity index (χ3n) is 4.89. The Hall–Kier alpha value is -1.90. The minimum Gasteiger partial charge on any atom is -0.335 e. The van der Waals surface area contributed by atoms with Crippen LogP contribution in [0, 0.1) is 0 Å². The van der Waals surface area contributed by atoms with Crippen LogP contribution < -0.4 is 0 Å². The molecule has 1 aromatic carbocycles. The van der Waals surface area contributed by atoms with Gasteiger partial charge < -0.3 is 4.57 Å². The number of aryl methyl sites for hydroxylation is 2. The molecule has 23 heavy (non-hydrogen) atoms. The van der Waals surface area contributed by atoms with Crippen molar-refractivity contribution in [2.75, 3.05) is 0 Å². The number of Topliss-reactive ketones (excluding diaryl/α,β-unsaturated/α-hetero) is 1. The molecule has 3 heteroatoms. The van der Waals surface area contributed by atoms with Crippen molar-refractivity contribution < 1.29 is 4.79 Å². The molecular weight excluding hydrogens is 284 g/mol. The Kier molecular flexibility index (Phi) is 4.65. The van der Waals surface area contributed by atoms with Crippen LogP contribution in [0.1, 0.15) is 79.3 Å². The van der Waals surface area contributed by atoms with Gasteiger partial charge in [0.15, 0.2) is 5.78 Å². The van der Waals surface area contributed by atoms with Crippen LogP contribution in [0.25, 0.3) is 0 Å². The summed E-state index contributed by atoms with van der Waals surface area (Å²) in [5.41, 5.74) is 3.25. The Labute approximate surface area is 138 Å². The first-order valence-electron chi connectivity index (χ1n) is 8.73. The fourth-order valence-electron chi connectivity index (χ4n) is 3.21. The minimum absolute atomic E-state index is 0.235. The molecule has 1 aliphatic rings. The molecule has 0 saturated carbocycles. The molecule has 3 rings (SSSR count). The molecule has 0 amide bonds. The second-order valence-corrected chi connectivity index (χ2v) is 7.02. The largest absolute Gasteiger partial charge is 0.335 e. The van der Waals surface area contributed by atoms with E-state index in [2.05, 4.69) is 43.7 Å². The minimum atomic E-state index is 0.235. The van der Waals surface area contributed by atoms with Gasteiger partial charge in [-0.25, -0.2) is 4.98 Å². The normalized spacial score (nSPS) is 15.0.